The Morgan fingerprint density at radius 1 is 1.08 bits per heavy atom. The van der Waals surface area contributed by atoms with E-state index in [1.54, 1.807) is 0 Å². The minimum atomic E-state index is 0.705. The minimum Gasteiger partial charge on any atom is -0.301 e. The van der Waals surface area contributed by atoms with Crippen molar-refractivity contribution in [3.05, 3.63) is 0 Å². The van der Waals surface area contributed by atoms with Crippen LogP contribution in [0.5, 0.6) is 0 Å². The van der Waals surface area contributed by atoms with Crippen LogP contribution < -0.4 is 0 Å². The summed E-state index contributed by atoms with van der Waals surface area (Å²) in [4.78, 5) is 2.57. The van der Waals surface area contributed by atoms with Crippen LogP contribution in [0.25, 0.3) is 0 Å². The van der Waals surface area contributed by atoms with E-state index in [9.17, 15) is 0 Å². The molecule has 13 heavy (non-hydrogen) atoms. The van der Waals surface area contributed by atoms with Gasteiger partial charge >= 0.3 is 0 Å². The molecule has 0 radical (unpaired) electrons. The fourth-order valence-electron chi connectivity index (χ4n) is 1.52. The van der Waals surface area contributed by atoms with Gasteiger partial charge in [0.1, 0.15) is 0 Å². The zero-order valence-corrected chi connectivity index (χ0v) is 10.3. The summed E-state index contributed by atoms with van der Waals surface area (Å²) >= 11 is 4.21. The molecule has 0 aliphatic carbocycles. The fourth-order valence-corrected chi connectivity index (χ4v) is 1.74. The van der Waals surface area contributed by atoms with Crippen molar-refractivity contribution in [1.29, 1.82) is 0 Å². The van der Waals surface area contributed by atoms with Gasteiger partial charge in [0, 0.05) is 6.04 Å². The summed E-state index contributed by atoms with van der Waals surface area (Å²) in [6, 6.07) is 0.705. The SMILES string of the molecule is CCCN(CCCCCS)C(C)C. The molecule has 0 aliphatic rings. The predicted octanol–water partition coefficient (Wildman–Crippen LogP) is 3.21. The largest absolute Gasteiger partial charge is 0.301 e. The molecular formula is C11H25NS. The zero-order chi connectivity index (χ0) is 10.1. The Balaban J connectivity index is 3.45. The van der Waals surface area contributed by atoms with Crippen molar-refractivity contribution in [1.82, 2.24) is 4.90 Å². The normalized spacial score (nSPS) is 11.5. The second kappa shape index (κ2) is 8.89. The van der Waals surface area contributed by atoms with Crippen LogP contribution in [0.1, 0.15) is 46.5 Å². The van der Waals surface area contributed by atoms with Crippen LogP contribution in [0, 0.1) is 0 Å². The van der Waals surface area contributed by atoms with Crippen LogP contribution in [0.3, 0.4) is 0 Å². The molecule has 0 N–H and O–H groups in total. The molecule has 0 aromatic heterocycles. The van der Waals surface area contributed by atoms with E-state index >= 15 is 0 Å². The third-order valence-electron chi connectivity index (χ3n) is 2.34. The molecule has 0 saturated heterocycles. The maximum atomic E-state index is 4.21. The maximum Gasteiger partial charge on any atom is 0.00385 e. The molecule has 2 heteroatoms. The predicted molar refractivity (Wildman–Crippen MR) is 64.7 cm³/mol. The Hall–Kier alpha value is 0.310. The Labute approximate surface area is 89.3 Å². The van der Waals surface area contributed by atoms with Gasteiger partial charge in [-0.15, -0.1) is 0 Å². The van der Waals surface area contributed by atoms with Crippen LogP contribution >= 0.6 is 12.6 Å². The van der Waals surface area contributed by atoms with Gasteiger partial charge in [0.05, 0.1) is 0 Å². The first-order chi connectivity index (χ1) is 6.22. The second-order valence-corrected chi connectivity index (χ2v) is 4.36. The van der Waals surface area contributed by atoms with Crippen LogP contribution in [-0.4, -0.2) is 29.8 Å². The first-order valence-corrected chi connectivity index (χ1v) is 6.20. The van der Waals surface area contributed by atoms with Crippen molar-refractivity contribution >= 4 is 12.6 Å². The highest BCUT2D eigenvalue weighted by Gasteiger charge is 2.06. The number of hydrogen-bond donors (Lipinski definition) is 1. The summed E-state index contributed by atoms with van der Waals surface area (Å²) in [6.07, 6.45) is 5.20. The Morgan fingerprint density at radius 3 is 2.23 bits per heavy atom. The number of hydrogen-bond acceptors (Lipinski definition) is 2. The fraction of sp³-hybridized carbons (Fsp3) is 1.00. The highest BCUT2D eigenvalue weighted by atomic mass is 32.1. The van der Waals surface area contributed by atoms with Gasteiger partial charge in [0.2, 0.25) is 0 Å². The highest BCUT2D eigenvalue weighted by Crippen LogP contribution is 2.04. The second-order valence-electron chi connectivity index (χ2n) is 3.91. The van der Waals surface area contributed by atoms with Crippen molar-refractivity contribution in [2.24, 2.45) is 0 Å². The molecule has 80 valence electrons. The van der Waals surface area contributed by atoms with E-state index in [1.165, 1.54) is 38.8 Å². The average molecular weight is 203 g/mol. The molecule has 0 aliphatic heterocycles. The van der Waals surface area contributed by atoms with Gasteiger partial charge in [-0.1, -0.05) is 13.3 Å². The Bertz CT molecular complexity index is 104. The van der Waals surface area contributed by atoms with Gasteiger partial charge in [-0.25, -0.2) is 0 Å². The molecule has 1 nitrogen and oxygen atoms in total. The molecule has 0 rings (SSSR count). The number of unbranched alkanes of at least 4 members (excludes halogenated alkanes) is 2. The van der Waals surface area contributed by atoms with Crippen LogP contribution in [-0.2, 0) is 0 Å². The monoisotopic (exact) mass is 203 g/mol. The maximum absolute atomic E-state index is 4.21. The molecule has 0 unspecified atom stereocenters. The summed E-state index contributed by atoms with van der Waals surface area (Å²) in [5, 5.41) is 0. The summed E-state index contributed by atoms with van der Waals surface area (Å²) in [7, 11) is 0. The standard InChI is InChI=1S/C11H25NS/c1-4-8-12(11(2)3)9-6-5-7-10-13/h11,13H,4-10H2,1-3H3. The van der Waals surface area contributed by atoms with Crippen LogP contribution in [0.4, 0.5) is 0 Å². The van der Waals surface area contributed by atoms with E-state index in [0.717, 1.165) is 5.75 Å². The Morgan fingerprint density at radius 2 is 1.77 bits per heavy atom. The van der Waals surface area contributed by atoms with Gasteiger partial charge in [0.15, 0.2) is 0 Å². The van der Waals surface area contributed by atoms with Gasteiger partial charge < -0.3 is 4.90 Å². The van der Waals surface area contributed by atoms with Crippen molar-refractivity contribution in [2.75, 3.05) is 18.8 Å². The molecule has 0 amide bonds. The van der Waals surface area contributed by atoms with Crippen LogP contribution in [0.15, 0.2) is 0 Å². The molecular weight excluding hydrogens is 178 g/mol. The molecule has 0 heterocycles. The van der Waals surface area contributed by atoms with E-state index in [0.29, 0.717) is 6.04 Å². The topological polar surface area (TPSA) is 3.24 Å². The lowest BCUT2D eigenvalue weighted by Crippen LogP contribution is -2.32. The minimum absolute atomic E-state index is 0.705. The van der Waals surface area contributed by atoms with Gasteiger partial charge in [-0.3, -0.25) is 0 Å². The molecule has 0 fully saturated rings. The molecule has 0 saturated carbocycles. The molecule has 0 atom stereocenters. The third kappa shape index (κ3) is 7.39. The first-order valence-electron chi connectivity index (χ1n) is 5.57. The van der Waals surface area contributed by atoms with E-state index in [1.807, 2.05) is 0 Å². The van der Waals surface area contributed by atoms with E-state index in [4.69, 9.17) is 0 Å². The average Bonchev–Trinajstić information content (AvgIpc) is 2.10. The van der Waals surface area contributed by atoms with E-state index in [-0.39, 0.29) is 0 Å². The summed E-state index contributed by atoms with van der Waals surface area (Å²) in [6.45, 7) is 9.34. The van der Waals surface area contributed by atoms with Crippen molar-refractivity contribution < 1.29 is 0 Å². The summed E-state index contributed by atoms with van der Waals surface area (Å²) in [5.41, 5.74) is 0. The summed E-state index contributed by atoms with van der Waals surface area (Å²) in [5.74, 6) is 1.04. The number of nitrogens with zero attached hydrogens (tertiary/aromatic N) is 1. The molecule has 0 spiro atoms. The van der Waals surface area contributed by atoms with Gasteiger partial charge in [-0.05, 0) is 52.0 Å². The molecule has 0 aromatic rings. The first kappa shape index (κ1) is 13.3. The van der Waals surface area contributed by atoms with Crippen molar-refractivity contribution in [3.63, 3.8) is 0 Å². The zero-order valence-electron chi connectivity index (χ0n) is 9.42. The lowest BCUT2D eigenvalue weighted by Gasteiger charge is -2.25. The smallest absolute Gasteiger partial charge is 0.00385 e. The molecule has 0 aromatic carbocycles. The lowest BCUT2D eigenvalue weighted by atomic mass is 10.2. The summed E-state index contributed by atoms with van der Waals surface area (Å²) < 4.78 is 0. The van der Waals surface area contributed by atoms with E-state index < -0.39 is 0 Å². The van der Waals surface area contributed by atoms with Gasteiger partial charge in [-0.2, -0.15) is 12.6 Å². The van der Waals surface area contributed by atoms with Crippen molar-refractivity contribution in [2.45, 2.75) is 52.5 Å². The van der Waals surface area contributed by atoms with Gasteiger partial charge in [0.25, 0.3) is 0 Å². The van der Waals surface area contributed by atoms with Crippen LogP contribution in [0.2, 0.25) is 0 Å². The number of rotatable bonds is 8. The van der Waals surface area contributed by atoms with E-state index in [2.05, 4.69) is 38.3 Å². The van der Waals surface area contributed by atoms with Crippen molar-refractivity contribution in [3.8, 4) is 0 Å². The number of thiol groups is 1. The lowest BCUT2D eigenvalue weighted by molar-refractivity contribution is 0.217. The third-order valence-corrected chi connectivity index (χ3v) is 2.66. The Kier molecular flexibility index (Phi) is 9.10. The highest BCUT2D eigenvalue weighted by molar-refractivity contribution is 7.80. The quantitative estimate of drug-likeness (QED) is 0.468. The molecule has 0 bridgehead atoms.